The third-order valence-corrected chi connectivity index (χ3v) is 6.17. The minimum Gasteiger partial charge on any atom is -0.394 e. The summed E-state index contributed by atoms with van der Waals surface area (Å²) in [7, 11) is 0. The Kier molecular flexibility index (Phi) is 9.18. The van der Waals surface area contributed by atoms with Crippen molar-refractivity contribution in [1.82, 2.24) is 0 Å². The molecule has 3 aliphatic heterocycles. The summed E-state index contributed by atoms with van der Waals surface area (Å²) >= 11 is 0. The van der Waals surface area contributed by atoms with Crippen LogP contribution in [0.2, 0.25) is 0 Å². The third kappa shape index (κ3) is 4.96. The Balaban J connectivity index is 1.87. The van der Waals surface area contributed by atoms with Gasteiger partial charge in [-0.25, -0.2) is 0 Å². The van der Waals surface area contributed by atoms with Gasteiger partial charge >= 0.3 is 0 Å². The molecular weight excluding hydrogens is 472 g/mol. The van der Waals surface area contributed by atoms with Gasteiger partial charge in [-0.05, 0) is 0 Å². The summed E-state index contributed by atoms with van der Waals surface area (Å²) in [5.74, 6) is -2.43. The average Bonchev–Trinajstić information content (AvgIpc) is 3.10. The topological polar surface area (TPSA) is 269 Å². The van der Waals surface area contributed by atoms with Crippen LogP contribution in [0.4, 0.5) is 0 Å². The molecule has 0 aliphatic carbocycles. The molecule has 16 heteroatoms. The van der Waals surface area contributed by atoms with Gasteiger partial charge in [-0.1, -0.05) is 0 Å². The van der Waals surface area contributed by atoms with E-state index in [2.05, 4.69) is 0 Å². The molecule has 0 saturated carbocycles. The third-order valence-electron chi connectivity index (χ3n) is 6.17. The molecule has 0 radical (unpaired) electrons. The lowest BCUT2D eigenvalue weighted by Crippen LogP contribution is -2.64. The maximum Gasteiger partial charge on any atom is 0.224 e. The largest absolute Gasteiger partial charge is 0.394 e. The smallest absolute Gasteiger partial charge is 0.224 e. The number of aliphatic hydroxyl groups is 11. The molecule has 34 heavy (non-hydrogen) atoms. The Bertz CT molecular complexity index is 651. The first-order valence-electron chi connectivity index (χ1n) is 10.6. The number of hydrogen-bond donors (Lipinski definition) is 11. The van der Waals surface area contributed by atoms with Crippen LogP contribution in [0.5, 0.6) is 0 Å². The SMILES string of the molecule is OC[C@H]1O[C@H](O[C@]2(CO)O[C@H](CO)[C@@H](O)[C@@H]2OC2O[C@H](CO)[C@@H](O)[C@H](O)[C@H]2O)[C@H](O)[C@@H](O)[C@H]1O. The lowest BCUT2D eigenvalue weighted by atomic mass is 9.98. The van der Waals surface area contributed by atoms with Crippen LogP contribution in [-0.4, -0.2) is 168 Å². The predicted octanol–water partition coefficient (Wildman–Crippen LogP) is -7.57. The number of hydrogen-bond acceptors (Lipinski definition) is 16. The van der Waals surface area contributed by atoms with Gasteiger partial charge in [-0.2, -0.15) is 0 Å². The predicted molar refractivity (Wildman–Crippen MR) is 101 cm³/mol. The van der Waals surface area contributed by atoms with Crippen LogP contribution in [0.3, 0.4) is 0 Å². The van der Waals surface area contributed by atoms with E-state index in [1.165, 1.54) is 0 Å². The second-order valence-electron chi connectivity index (χ2n) is 8.37. The first kappa shape index (κ1) is 27.9. The zero-order chi connectivity index (χ0) is 25.4. The molecule has 0 spiro atoms. The molecular formula is C18H32O16. The fourth-order valence-corrected chi connectivity index (χ4v) is 4.12. The Morgan fingerprint density at radius 3 is 1.50 bits per heavy atom. The second kappa shape index (κ2) is 11.2. The highest BCUT2D eigenvalue weighted by atomic mass is 16.8. The number of ether oxygens (including phenoxy) is 5. The maximum absolute atomic E-state index is 10.6. The van der Waals surface area contributed by atoms with Crippen LogP contribution in [0.25, 0.3) is 0 Å². The van der Waals surface area contributed by atoms with Gasteiger partial charge in [0.05, 0.1) is 19.8 Å². The number of aliphatic hydroxyl groups excluding tert-OH is 11. The summed E-state index contributed by atoms with van der Waals surface area (Å²) in [6.45, 7) is -3.49. The summed E-state index contributed by atoms with van der Waals surface area (Å²) in [5.41, 5.74) is 0. The molecule has 3 aliphatic rings. The molecule has 0 bridgehead atoms. The van der Waals surface area contributed by atoms with Crippen molar-refractivity contribution in [2.75, 3.05) is 26.4 Å². The van der Waals surface area contributed by atoms with Crippen LogP contribution in [0.1, 0.15) is 0 Å². The van der Waals surface area contributed by atoms with Crippen molar-refractivity contribution in [3.05, 3.63) is 0 Å². The van der Waals surface area contributed by atoms with E-state index >= 15 is 0 Å². The van der Waals surface area contributed by atoms with Crippen molar-refractivity contribution in [2.24, 2.45) is 0 Å². The fourth-order valence-electron chi connectivity index (χ4n) is 4.12. The Morgan fingerprint density at radius 1 is 0.559 bits per heavy atom. The minimum atomic E-state index is -2.43. The van der Waals surface area contributed by atoms with Gasteiger partial charge in [-0.15, -0.1) is 0 Å². The minimum absolute atomic E-state index is 0.777. The maximum atomic E-state index is 10.6. The normalized spacial score (nSPS) is 52.1. The van der Waals surface area contributed by atoms with Gasteiger partial charge in [0.2, 0.25) is 5.79 Å². The fraction of sp³-hybridized carbons (Fsp3) is 1.00. The van der Waals surface area contributed by atoms with Gasteiger partial charge < -0.3 is 79.9 Å². The molecule has 3 fully saturated rings. The monoisotopic (exact) mass is 504 g/mol. The van der Waals surface area contributed by atoms with Crippen LogP contribution in [0.15, 0.2) is 0 Å². The van der Waals surface area contributed by atoms with Gasteiger partial charge in [0.1, 0.15) is 73.8 Å². The van der Waals surface area contributed by atoms with Crippen LogP contribution >= 0.6 is 0 Å². The molecule has 3 saturated heterocycles. The molecule has 200 valence electrons. The van der Waals surface area contributed by atoms with E-state index in [1.54, 1.807) is 0 Å². The van der Waals surface area contributed by atoms with Crippen LogP contribution < -0.4 is 0 Å². The molecule has 11 N–H and O–H groups in total. The van der Waals surface area contributed by atoms with Gasteiger partial charge in [0.25, 0.3) is 0 Å². The zero-order valence-corrected chi connectivity index (χ0v) is 17.8. The van der Waals surface area contributed by atoms with E-state index in [1.807, 2.05) is 0 Å². The Hall–Kier alpha value is -0.640. The van der Waals surface area contributed by atoms with E-state index in [0.29, 0.717) is 0 Å². The van der Waals surface area contributed by atoms with E-state index in [4.69, 9.17) is 23.7 Å². The Morgan fingerprint density at radius 2 is 1.03 bits per heavy atom. The van der Waals surface area contributed by atoms with Crippen molar-refractivity contribution in [3.63, 3.8) is 0 Å². The summed E-state index contributed by atoms with van der Waals surface area (Å²) < 4.78 is 27.0. The van der Waals surface area contributed by atoms with E-state index in [-0.39, 0.29) is 0 Å². The van der Waals surface area contributed by atoms with Gasteiger partial charge in [-0.3, -0.25) is 0 Å². The lowest BCUT2D eigenvalue weighted by Gasteiger charge is -2.45. The van der Waals surface area contributed by atoms with Crippen LogP contribution in [0, 0.1) is 0 Å². The molecule has 0 aromatic rings. The molecule has 3 rings (SSSR count). The average molecular weight is 504 g/mol. The molecule has 16 nitrogen and oxygen atoms in total. The molecule has 0 aromatic carbocycles. The molecule has 1 unspecified atom stereocenters. The van der Waals surface area contributed by atoms with Crippen LogP contribution in [-0.2, 0) is 23.7 Å². The van der Waals surface area contributed by atoms with E-state index in [0.717, 1.165) is 0 Å². The Labute approximate surface area is 192 Å². The molecule has 14 atom stereocenters. The zero-order valence-electron chi connectivity index (χ0n) is 17.8. The second-order valence-corrected chi connectivity index (χ2v) is 8.37. The van der Waals surface area contributed by atoms with Crippen molar-refractivity contribution >= 4 is 0 Å². The highest BCUT2D eigenvalue weighted by Gasteiger charge is 2.61. The van der Waals surface area contributed by atoms with Crippen molar-refractivity contribution in [2.45, 2.75) is 85.5 Å². The standard InChI is InChI=1S/C18H32O16/c19-1-5-8(23)11(26)13(28)16(30-5)32-15-10(25)7(3-21)33-18(15,4-22)34-17-14(29)12(27)9(24)6(2-20)31-17/h5-17,19-29H,1-4H2/t5-,6-,7-,8-,9+,10-,11+,12+,13-,14-,15+,16?,17-,18+/m1/s1. The summed E-state index contributed by atoms with van der Waals surface area (Å²) in [6.07, 6.45) is -22.3. The van der Waals surface area contributed by atoms with Crippen molar-refractivity contribution < 1.29 is 79.9 Å². The highest BCUT2D eigenvalue weighted by Crippen LogP contribution is 2.39. The van der Waals surface area contributed by atoms with Gasteiger partial charge in [0.15, 0.2) is 12.6 Å². The van der Waals surface area contributed by atoms with Gasteiger partial charge in [0, 0.05) is 0 Å². The van der Waals surface area contributed by atoms with Crippen molar-refractivity contribution in [3.8, 4) is 0 Å². The first-order valence-corrected chi connectivity index (χ1v) is 10.6. The van der Waals surface area contributed by atoms with E-state index in [9.17, 15) is 56.2 Å². The van der Waals surface area contributed by atoms with Crippen molar-refractivity contribution in [1.29, 1.82) is 0 Å². The summed E-state index contributed by atoms with van der Waals surface area (Å²) in [4.78, 5) is 0. The quantitative estimate of drug-likeness (QED) is 0.146. The summed E-state index contributed by atoms with van der Waals surface area (Å²) in [6, 6.07) is 0. The first-order chi connectivity index (χ1) is 16.0. The molecule has 3 heterocycles. The van der Waals surface area contributed by atoms with E-state index < -0.39 is 112 Å². The molecule has 0 aromatic heterocycles. The lowest BCUT2D eigenvalue weighted by molar-refractivity contribution is -0.400. The molecule has 0 amide bonds. The number of rotatable bonds is 8. The summed E-state index contributed by atoms with van der Waals surface area (Å²) in [5, 5.41) is 109. The highest BCUT2D eigenvalue weighted by molar-refractivity contribution is 5.01.